The lowest BCUT2D eigenvalue weighted by Gasteiger charge is -2.26. The normalized spacial score (nSPS) is 20.3. The summed E-state index contributed by atoms with van der Waals surface area (Å²) in [7, 11) is -3.88. The van der Waals surface area contributed by atoms with Gasteiger partial charge in [-0.25, -0.2) is 8.42 Å². The average molecular weight is 429 g/mol. The van der Waals surface area contributed by atoms with Gasteiger partial charge in [-0.05, 0) is 25.0 Å². The van der Waals surface area contributed by atoms with Crippen molar-refractivity contribution in [2.45, 2.75) is 23.8 Å². The molecule has 0 aromatic heterocycles. The van der Waals surface area contributed by atoms with Crippen molar-refractivity contribution in [1.29, 1.82) is 0 Å². The van der Waals surface area contributed by atoms with Crippen LogP contribution in [0.3, 0.4) is 0 Å². The first-order valence-corrected chi connectivity index (χ1v) is 10.7. The van der Waals surface area contributed by atoms with Gasteiger partial charge in [-0.3, -0.25) is 14.9 Å². The summed E-state index contributed by atoms with van der Waals surface area (Å²) >= 11 is 0. The first-order valence-electron chi connectivity index (χ1n) is 9.25. The highest BCUT2D eigenvalue weighted by Gasteiger charge is 2.29. The quantitative estimate of drug-likeness (QED) is 0.460. The third kappa shape index (κ3) is 5.41. The van der Waals surface area contributed by atoms with E-state index in [1.54, 1.807) is 0 Å². The van der Waals surface area contributed by atoms with E-state index in [0.29, 0.717) is 13.2 Å². The Morgan fingerprint density at radius 3 is 2.72 bits per heavy atom. The van der Waals surface area contributed by atoms with Crippen molar-refractivity contribution in [3.8, 4) is 5.75 Å². The van der Waals surface area contributed by atoms with Crippen LogP contribution in [0.2, 0.25) is 0 Å². The summed E-state index contributed by atoms with van der Waals surface area (Å²) in [6.45, 7) is 1.48. The van der Waals surface area contributed by atoms with E-state index in [4.69, 9.17) is 14.2 Å². The maximum atomic E-state index is 12.7. The number of sulfonamides is 1. The average Bonchev–Trinajstić information content (AvgIpc) is 3.25. The third-order valence-electron chi connectivity index (χ3n) is 4.64. The van der Waals surface area contributed by atoms with Crippen molar-refractivity contribution >= 4 is 21.6 Å². The van der Waals surface area contributed by atoms with Crippen molar-refractivity contribution in [3.05, 3.63) is 28.3 Å². The summed E-state index contributed by atoms with van der Waals surface area (Å²) in [4.78, 5) is 22.4. The zero-order chi connectivity index (χ0) is 20.9. The molecule has 3 rings (SSSR count). The molecule has 0 aliphatic carbocycles. The number of rotatable bonds is 8. The van der Waals surface area contributed by atoms with Crippen LogP contribution in [-0.4, -0.2) is 75.7 Å². The topological polar surface area (TPSA) is 137 Å². The second-order valence-corrected chi connectivity index (χ2v) is 8.57. The molecule has 1 N–H and O–H groups in total. The van der Waals surface area contributed by atoms with Crippen LogP contribution < -0.4 is 10.1 Å². The Morgan fingerprint density at radius 1 is 1.31 bits per heavy atom. The Morgan fingerprint density at radius 2 is 2.07 bits per heavy atom. The van der Waals surface area contributed by atoms with E-state index in [1.807, 2.05) is 0 Å². The maximum Gasteiger partial charge on any atom is 0.312 e. The van der Waals surface area contributed by atoms with Gasteiger partial charge in [0.2, 0.25) is 10.0 Å². The second kappa shape index (κ2) is 9.48. The van der Waals surface area contributed by atoms with Crippen molar-refractivity contribution in [2.75, 3.05) is 46.1 Å². The molecule has 2 aliphatic rings. The van der Waals surface area contributed by atoms with Gasteiger partial charge in [-0.15, -0.1) is 0 Å². The number of hydrogen-bond donors (Lipinski definition) is 1. The molecule has 2 aliphatic heterocycles. The monoisotopic (exact) mass is 429 g/mol. The number of benzene rings is 1. The molecule has 0 spiro atoms. The number of carbonyl (C=O) groups is 1. The Labute approximate surface area is 168 Å². The number of morpholine rings is 1. The van der Waals surface area contributed by atoms with Crippen molar-refractivity contribution in [1.82, 2.24) is 9.62 Å². The fourth-order valence-corrected chi connectivity index (χ4v) is 4.51. The fraction of sp³-hybridized carbons (Fsp3) is 0.588. The minimum atomic E-state index is -3.88. The maximum absolute atomic E-state index is 12.7. The van der Waals surface area contributed by atoms with E-state index in [1.165, 1.54) is 16.4 Å². The van der Waals surface area contributed by atoms with Crippen LogP contribution in [0.5, 0.6) is 5.75 Å². The smallest absolute Gasteiger partial charge is 0.312 e. The number of nitro groups is 1. The summed E-state index contributed by atoms with van der Waals surface area (Å²) in [6, 6.07) is 3.38. The van der Waals surface area contributed by atoms with Gasteiger partial charge in [-0.2, -0.15) is 4.31 Å². The van der Waals surface area contributed by atoms with Gasteiger partial charge in [0, 0.05) is 32.3 Å². The largest absolute Gasteiger partial charge is 0.477 e. The van der Waals surface area contributed by atoms with Gasteiger partial charge < -0.3 is 19.5 Å². The van der Waals surface area contributed by atoms with Gasteiger partial charge in [0.05, 0.1) is 29.1 Å². The Hall–Kier alpha value is -2.28. The van der Waals surface area contributed by atoms with Crippen LogP contribution in [0.1, 0.15) is 12.8 Å². The molecule has 1 aromatic rings. The van der Waals surface area contributed by atoms with Gasteiger partial charge in [0.15, 0.2) is 12.4 Å². The van der Waals surface area contributed by atoms with Crippen LogP contribution in [-0.2, 0) is 24.3 Å². The molecule has 1 amide bonds. The molecule has 160 valence electrons. The predicted octanol–water partition coefficient (Wildman–Crippen LogP) is 0.290. The Bertz CT molecular complexity index is 848. The van der Waals surface area contributed by atoms with Gasteiger partial charge in [0.1, 0.15) is 0 Å². The molecule has 1 atom stereocenters. The number of amides is 1. The Balaban J connectivity index is 1.66. The molecule has 29 heavy (non-hydrogen) atoms. The van der Waals surface area contributed by atoms with Crippen LogP contribution in [0.4, 0.5) is 5.69 Å². The summed E-state index contributed by atoms with van der Waals surface area (Å²) < 4.78 is 42.4. The lowest BCUT2D eigenvalue weighted by atomic mass is 10.2. The molecular weight excluding hydrogens is 406 g/mol. The minimum absolute atomic E-state index is 0.0297. The van der Waals surface area contributed by atoms with Crippen LogP contribution in [0, 0.1) is 10.1 Å². The molecule has 0 radical (unpaired) electrons. The third-order valence-corrected chi connectivity index (χ3v) is 6.54. The fourth-order valence-electron chi connectivity index (χ4n) is 3.09. The molecule has 2 saturated heterocycles. The molecule has 0 bridgehead atoms. The molecule has 0 saturated carbocycles. The zero-order valence-electron chi connectivity index (χ0n) is 15.7. The summed E-state index contributed by atoms with van der Waals surface area (Å²) in [6.07, 6.45) is 1.78. The molecule has 1 aromatic carbocycles. The number of ether oxygens (including phenoxy) is 3. The summed E-state index contributed by atoms with van der Waals surface area (Å²) in [5, 5.41) is 14.1. The molecule has 2 fully saturated rings. The highest BCUT2D eigenvalue weighted by molar-refractivity contribution is 7.89. The molecule has 2 heterocycles. The Kier molecular flexibility index (Phi) is 7.00. The highest BCUT2D eigenvalue weighted by Crippen LogP contribution is 2.31. The lowest BCUT2D eigenvalue weighted by molar-refractivity contribution is -0.386. The van der Waals surface area contributed by atoms with Crippen molar-refractivity contribution < 1.29 is 32.3 Å². The first-order chi connectivity index (χ1) is 13.9. The number of nitrogens with zero attached hydrogens (tertiary/aromatic N) is 2. The van der Waals surface area contributed by atoms with Crippen LogP contribution in [0.25, 0.3) is 0 Å². The van der Waals surface area contributed by atoms with E-state index in [0.717, 1.165) is 18.9 Å². The van der Waals surface area contributed by atoms with E-state index in [2.05, 4.69) is 5.32 Å². The summed E-state index contributed by atoms with van der Waals surface area (Å²) in [5.41, 5.74) is -0.522. The number of nitro benzene ring substituents is 1. The lowest BCUT2D eigenvalue weighted by Crippen LogP contribution is -2.40. The van der Waals surface area contributed by atoms with E-state index >= 15 is 0 Å². The van der Waals surface area contributed by atoms with E-state index in [-0.39, 0.29) is 43.1 Å². The van der Waals surface area contributed by atoms with E-state index in [9.17, 15) is 23.3 Å². The standard InChI is InChI=1S/C17H23N3O8S/c21-17(18-11-13-2-1-7-27-13)12-28-16-4-3-14(10-15(16)20(22)23)29(24,25)19-5-8-26-9-6-19/h3-4,10,13H,1-2,5-9,11-12H2,(H,18,21)/t13-/m1/s1. The van der Waals surface area contributed by atoms with Gasteiger partial charge >= 0.3 is 5.69 Å². The molecule has 12 heteroatoms. The molecule has 0 unspecified atom stereocenters. The van der Waals surface area contributed by atoms with Crippen LogP contribution >= 0.6 is 0 Å². The highest BCUT2D eigenvalue weighted by atomic mass is 32.2. The van der Waals surface area contributed by atoms with Crippen LogP contribution in [0.15, 0.2) is 23.1 Å². The van der Waals surface area contributed by atoms with E-state index < -0.39 is 33.1 Å². The van der Waals surface area contributed by atoms with Crippen molar-refractivity contribution in [2.24, 2.45) is 0 Å². The zero-order valence-corrected chi connectivity index (χ0v) is 16.6. The first kappa shape index (κ1) is 21.4. The SMILES string of the molecule is O=C(COc1ccc(S(=O)(=O)N2CCOCC2)cc1[N+](=O)[O-])NC[C@H]1CCCO1. The number of carbonyl (C=O) groups excluding carboxylic acids is 1. The second-order valence-electron chi connectivity index (χ2n) is 6.63. The molecule has 11 nitrogen and oxygen atoms in total. The predicted molar refractivity (Wildman–Crippen MR) is 100 cm³/mol. The number of hydrogen-bond acceptors (Lipinski definition) is 8. The molecular formula is C17H23N3O8S. The van der Waals surface area contributed by atoms with Gasteiger partial charge in [0.25, 0.3) is 5.91 Å². The van der Waals surface area contributed by atoms with Crippen molar-refractivity contribution in [3.63, 3.8) is 0 Å². The number of nitrogens with one attached hydrogen (secondary N) is 1. The summed E-state index contributed by atoms with van der Waals surface area (Å²) in [5.74, 6) is -0.622. The minimum Gasteiger partial charge on any atom is -0.477 e. The van der Waals surface area contributed by atoms with Gasteiger partial charge in [-0.1, -0.05) is 0 Å².